The maximum atomic E-state index is 11.0. The zero-order valence-corrected chi connectivity index (χ0v) is 7.34. The molecule has 1 aromatic rings. The highest BCUT2D eigenvalue weighted by molar-refractivity contribution is 5.99. The van der Waals surface area contributed by atoms with Gasteiger partial charge in [0.15, 0.2) is 0 Å². The number of fused-ring (bicyclic) bond motifs is 1. The molecule has 66 valence electrons. The SMILES string of the molecule is C=CCc1ccc2c(c1)CC(=O)N2. The van der Waals surface area contributed by atoms with Crippen LogP contribution in [0.2, 0.25) is 0 Å². The molecule has 1 heterocycles. The minimum absolute atomic E-state index is 0.0887. The lowest BCUT2D eigenvalue weighted by Crippen LogP contribution is -2.03. The molecule has 0 atom stereocenters. The molecule has 13 heavy (non-hydrogen) atoms. The van der Waals surface area contributed by atoms with Gasteiger partial charge in [-0.3, -0.25) is 4.79 Å². The van der Waals surface area contributed by atoms with Crippen LogP contribution < -0.4 is 5.32 Å². The zero-order valence-electron chi connectivity index (χ0n) is 7.34. The van der Waals surface area contributed by atoms with Crippen LogP contribution >= 0.6 is 0 Å². The van der Waals surface area contributed by atoms with Crippen molar-refractivity contribution >= 4 is 11.6 Å². The summed E-state index contributed by atoms with van der Waals surface area (Å²) in [6, 6.07) is 6.04. The van der Waals surface area contributed by atoms with E-state index in [2.05, 4.69) is 18.0 Å². The third-order valence-electron chi connectivity index (χ3n) is 2.17. The van der Waals surface area contributed by atoms with Gasteiger partial charge in [-0.2, -0.15) is 0 Å². The summed E-state index contributed by atoms with van der Waals surface area (Å²) in [5.41, 5.74) is 3.27. The van der Waals surface area contributed by atoms with Gasteiger partial charge in [0, 0.05) is 5.69 Å². The van der Waals surface area contributed by atoms with E-state index in [-0.39, 0.29) is 5.91 Å². The van der Waals surface area contributed by atoms with Gasteiger partial charge < -0.3 is 5.32 Å². The standard InChI is InChI=1S/C11H11NO/c1-2-3-8-4-5-10-9(6-8)7-11(13)12-10/h2,4-6H,1,3,7H2,(H,12,13). The van der Waals surface area contributed by atoms with Crippen molar-refractivity contribution in [3.05, 3.63) is 42.0 Å². The number of anilines is 1. The number of hydrogen-bond donors (Lipinski definition) is 1. The molecule has 0 bridgehead atoms. The molecule has 2 nitrogen and oxygen atoms in total. The molecule has 1 aliphatic rings. The van der Waals surface area contributed by atoms with Crippen LogP contribution in [0.1, 0.15) is 11.1 Å². The molecule has 0 saturated heterocycles. The van der Waals surface area contributed by atoms with E-state index in [1.807, 2.05) is 18.2 Å². The van der Waals surface area contributed by atoms with Crippen molar-refractivity contribution in [1.29, 1.82) is 0 Å². The van der Waals surface area contributed by atoms with Gasteiger partial charge in [-0.15, -0.1) is 6.58 Å². The van der Waals surface area contributed by atoms with Gasteiger partial charge in [-0.25, -0.2) is 0 Å². The molecule has 0 aromatic heterocycles. The molecule has 1 N–H and O–H groups in total. The number of hydrogen-bond acceptors (Lipinski definition) is 1. The molecule has 0 fully saturated rings. The Morgan fingerprint density at radius 3 is 3.15 bits per heavy atom. The summed E-state index contributed by atoms with van der Waals surface area (Å²) in [6.45, 7) is 3.68. The van der Waals surface area contributed by atoms with Crippen LogP contribution in [0.5, 0.6) is 0 Å². The molecular formula is C11H11NO. The number of amides is 1. The number of allylic oxidation sites excluding steroid dienone is 1. The van der Waals surface area contributed by atoms with Crippen molar-refractivity contribution in [2.75, 3.05) is 5.32 Å². The Morgan fingerprint density at radius 1 is 1.54 bits per heavy atom. The van der Waals surface area contributed by atoms with Crippen molar-refractivity contribution in [3.63, 3.8) is 0 Å². The molecule has 0 spiro atoms. The van der Waals surface area contributed by atoms with Crippen LogP contribution in [0.4, 0.5) is 5.69 Å². The molecular weight excluding hydrogens is 162 g/mol. The second-order valence-electron chi connectivity index (χ2n) is 3.21. The minimum Gasteiger partial charge on any atom is -0.326 e. The largest absolute Gasteiger partial charge is 0.326 e. The van der Waals surface area contributed by atoms with E-state index in [9.17, 15) is 4.79 Å². The second kappa shape index (κ2) is 3.05. The Kier molecular flexibility index (Phi) is 1.89. The molecule has 1 aromatic carbocycles. The van der Waals surface area contributed by atoms with Crippen molar-refractivity contribution in [2.45, 2.75) is 12.8 Å². The van der Waals surface area contributed by atoms with Crippen molar-refractivity contribution in [1.82, 2.24) is 0 Å². The summed E-state index contributed by atoms with van der Waals surface area (Å²) in [7, 11) is 0. The number of carbonyl (C=O) groups is 1. The summed E-state index contributed by atoms with van der Waals surface area (Å²) in [4.78, 5) is 11.0. The van der Waals surface area contributed by atoms with E-state index in [4.69, 9.17) is 0 Å². The Hall–Kier alpha value is -1.57. The van der Waals surface area contributed by atoms with Gasteiger partial charge >= 0.3 is 0 Å². The van der Waals surface area contributed by atoms with Crippen LogP contribution in [0.25, 0.3) is 0 Å². The van der Waals surface area contributed by atoms with Gasteiger partial charge in [0.05, 0.1) is 6.42 Å². The van der Waals surface area contributed by atoms with E-state index in [1.165, 1.54) is 5.56 Å². The Morgan fingerprint density at radius 2 is 2.38 bits per heavy atom. The van der Waals surface area contributed by atoms with Crippen LogP contribution in [0.15, 0.2) is 30.9 Å². The van der Waals surface area contributed by atoms with E-state index >= 15 is 0 Å². The first-order valence-electron chi connectivity index (χ1n) is 4.32. The minimum atomic E-state index is 0.0887. The predicted octanol–water partition coefficient (Wildman–Crippen LogP) is 1.91. The molecule has 2 rings (SSSR count). The van der Waals surface area contributed by atoms with Crippen LogP contribution in [0, 0.1) is 0 Å². The average Bonchev–Trinajstić information content (AvgIpc) is 2.44. The first-order valence-corrected chi connectivity index (χ1v) is 4.32. The normalized spacial score (nSPS) is 13.7. The Labute approximate surface area is 77.3 Å². The summed E-state index contributed by atoms with van der Waals surface area (Å²) < 4.78 is 0. The van der Waals surface area contributed by atoms with E-state index in [0.29, 0.717) is 6.42 Å². The fraction of sp³-hybridized carbons (Fsp3) is 0.182. The zero-order chi connectivity index (χ0) is 9.26. The monoisotopic (exact) mass is 173 g/mol. The highest BCUT2D eigenvalue weighted by Crippen LogP contribution is 2.23. The van der Waals surface area contributed by atoms with Crippen molar-refractivity contribution in [3.8, 4) is 0 Å². The summed E-state index contributed by atoms with van der Waals surface area (Å²) in [5, 5.41) is 2.80. The van der Waals surface area contributed by atoms with Gasteiger partial charge in [0.25, 0.3) is 0 Å². The van der Waals surface area contributed by atoms with Gasteiger partial charge in [0.2, 0.25) is 5.91 Å². The maximum Gasteiger partial charge on any atom is 0.228 e. The number of nitrogens with one attached hydrogen (secondary N) is 1. The lowest BCUT2D eigenvalue weighted by Gasteiger charge is -2.00. The fourth-order valence-corrected chi connectivity index (χ4v) is 1.58. The van der Waals surface area contributed by atoms with Crippen molar-refractivity contribution in [2.24, 2.45) is 0 Å². The topological polar surface area (TPSA) is 29.1 Å². The molecule has 1 amide bonds. The van der Waals surface area contributed by atoms with Crippen molar-refractivity contribution < 1.29 is 4.79 Å². The van der Waals surface area contributed by atoms with Gasteiger partial charge in [-0.05, 0) is 23.6 Å². The van der Waals surface area contributed by atoms with E-state index in [1.54, 1.807) is 0 Å². The van der Waals surface area contributed by atoms with Gasteiger partial charge in [0.1, 0.15) is 0 Å². The lowest BCUT2D eigenvalue weighted by atomic mass is 10.1. The van der Waals surface area contributed by atoms with E-state index in [0.717, 1.165) is 17.7 Å². The smallest absolute Gasteiger partial charge is 0.228 e. The lowest BCUT2D eigenvalue weighted by molar-refractivity contribution is -0.115. The molecule has 1 aliphatic heterocycles. The highest BCUT2D eigenvalue weighted by atomic mass is 16.1. The first kappa shape index (κ1) is 8.05. The maximum absolute atomic E-state index is 11.0. The molecule has 2 heteroatoms. The Bertz CT molecular complexity index is 368. The fourth-order valence-electron chi connectivity index (χ4n) is 1.58. The van der Waals surface area contributed by atoms with E-state index < -0.39 is 0 Å². The first-order chi connectivity index (χ1) is 6.29. The summed E-state index contributed by atoms with van der Waals surface area (Å²) >= 11 is 0. The quantitative estimate of drug-likeness (QED) is 0.680. The Balaban J connectivity index is 2.34. The number of rotatable bonds is 2. The third kappa shape index (κ3) is 1.47. The third-order valence-corrected chi connectivity index (χ3v) is 2.17. The second-order valence-corrected chi connectivity index (χ2v) is 3.21. The highest BCUT2D eigenvalue weighted by Gasteiger charge is 2.16. The average molecular weight is 173 g/mol. The summed E-state index contributed by atoms with van der Waals surface area (Å²) in [5.74, 6) is 0.0887. The molecule has 0 radical (unpaired) electrons. The molecule has 0 aliphatic carbocycles. The number of benzene rings is 1. The molecule has 0 unspecified atom stereocenters. The van der Waals surface area contributed by atoms with Crippen LogP contribution in [-0.4, -0.2) is 5.91 Å². The molecule has 0 saturated carbocycles. The van der Waals surface area contributed by atoms with Crippen LogP contribution in [-0.2, 0) is 17.6 Å². The van der Waals surface area contributed by atoms with Crippen LogP contribution in [0.3, 0.4) is 0 Å². The number of carbonyl (C=O) groups excluding carboxylic acids is 1. The summed E-state index contributed by atoms with van der Waals surface area (Å²) in [6.07, 6.45) is 3.24. The van der Waals surface area contributed by atoms with Gasteiger partial charge in [-0.1, -0.05) is 18.2 Å². The predicted molar refractivity (Wildman–Crippen MR) is 52.7 cm³/mol.